The lowest BCUT2D eigenvalue weighted by Gasteiger charge is -2.19. The lowest BCUT2D eigenvalue weighted by Crippen LogP contribution is -2.20. The molecule has 1 aliphatic carbocycles. The highest BCUT2D eigenvalue weighted by molar-refractivity contribution is 5.19. The Morgan fingerprint density at radius 3 is 2.53 bits per heavy atom. The molecule has 5 nitrogen and oxygen atoms in total. The Bertz CT molecular complexity index is 318. The predicted molar refractivity (Wildman–Crippen MR) is 66.8 cm³/mol. The van der Waals surface area contributed by atoms with Gasteiger partial charge in [-0.25, -0.2) is 0 Å². The quantitative estimate of drug-likeness (QED) is 0.840. The number of rotatable bonds is 4. The monoisotopic (exact) mass is 238 g/mol. The Morgan fingerprint density at radius 2 is 1.82 bits per heavy atom. The summed E-state index contributed by atoms with van der Waals surface area (Å²) in [5.41, 5.74) is 5.44. The van der Waals surface area contributed by atoms with Crippen molar-refractivity contribution in [2.24, 2.45) is 5.73 Å². The van der Waals surface area contributed by atoms with Gasteiger partial charge in [-0.15, -0.1) is 5.10 Å². The van der Waals surface area contributed by atoms with Gasteiger partial charge < -0.3 is 15.5 Å². The Labute approximate surface area is 102 Å². The van der Waals surface area contributed by atoms with Gasteiger partial charge in [-0.2, -0.15) is 0 Å². The standard InChI is InChI=1S/C12H22N4O/c13-9-8-11-15-16-12(17-11)14-10-6-4-2-1-3-5-7-10/h10H,1-9,13H2,(H,14,16). The molecule has 0 saturated heterocycles. The first-order valence-electron chi connectivity index (χ1n) is 6.67. The van der Waals surface area contributed by atoms with E-state index in [9.17, 15) is 0 Å². The van der Waals surface area contributed by atoms with Crippen LogP contribution in [0.15, 0.2) is 4.42 Å². The van der Waals surface area contributed by atoms with E-state index in [1.807, 2.05) is 0 Å². The number of anilines is 1. The SMILES string of the molecule is NCCc1nnc(NC2CCCCCCC2)o1. The van der Waals surface area contributed by atoms with Gasteiger partial charge in [0.05, 0.1) is 0 Å². The van der Waals surface area contributed by atoms with Gasteiger partial charge in [0, 0.05) is 19.0 Å². The molecule has 1 fully saturated rings. The van der Waals surface area contributed by atoms with Crippen LogP contribution in [0.1, 0.15) is 50.8 Å². The molecule has 96 valence electrons. The van der Waals surface area contributed by atoms with Crippen molar-refractivity contribution >= 4 is 6.01 Å². The number of hydrogen-bond acceptors (Lipinski definition) is 5. The van der Waals surface area contributed by atoms with Crippen LogP contribution in [0.25, 0.3) is 0 Å². The summed E-state index contributed by atoms with van der Waals surface area (Å²) >= 11 is 0. The first-order chi connectivity index (χ1) is 8.38. The summed E-state index contributed by atoms with van der Waals surface area (Å²) in [5, 5.41) is 11.3. The highest BCUT2D eigenvalue weighted by Gasteiger charge is 2.14. The van der Waals surface area contributed by atoms with Gasteiger partial charge in [-0.3, -0.25) is 0 Å². The van der Waals surface area contributed by atoms with Crippen molar-refractivity contribution in [3.63, 3.8) is 0 Å². The van der Waals surface area contributed by atoms with Crippen molar-refractivity contribution in [3.05, 3.63) is 5.89 Å². The van der Waals surface area contributed by atoms with Gasteiger partial charge in [0.25, 0.3) is 0 Å². The van der Waals surface area contributed by atoms with Crippen LogP contribution in [0, 0.1) is 0 Å². The minimum atomic E-state index is 0.487. The molecular formula is C12H22N4O. The van der Waals surface area contributed by atoms with Gasteiger partial charge in [-0.1, -0.05) is 37.2 Å². The van der Waals surface area contributed by atoms with E-state index in [1.165, 1.54) is 44.9 Å². The van der Waals surface area contributed by atoms with Crippen LogP contribution in [-0.4, -0.2) is 22.8 Å². The maximum atomic E-state index is 5.49. The molecule has 3 N–H and O–H groups in total. The summed E-state index contributed by atoms with van der Waals surface area (Å²) in [6.07, 6.45) is 9.72. The predicted octanol–water partition coefficient (Wildman–Crippen LogP) is 2.10. The third-order valence-corrected chi connectivity index (χ3v) is 3.26. The Kier molecular flexibility index (Phi) is 4.79. The van der Waals surface area contributed by atoms with Crippen molar-refractivity contribution in [2.45, 2.75) is 57.4 Å². The van der Waals surface area contributed by atoms with Crippen LogP contribution in [0.3, 0.4) is 0 Å². The number of nitrogens with two attached hydrogens (primary N) is 1. The van der Waals surface area contributed by atoms with Crippen LogP contribution >= 0.6 is 0 Å². The summed E-state index contributed by atoms with van der Waals surface area (Å²) in [4.78, 5) is 0. The topological polar surface area (TPSA) is 77.0 Å². The maximum Gasteiger partial charge on any atom is 0.315 e. The molecule has 5 heteroatoms. The lowest BCUT2D eigenvalue weighted by atomic mass is 9.97. The van der Waals surface area contributed by atoms with Gasteiger partial charge in [0.2, 0.25) is 5.89 Å². The van der Waals surface area contributed by atoms with E-state index in [0.29, 0.717) is 30.9 Å². The molecule has 0 atom stereocenters. The van der Waals surface area contributed by atoms with Crippen LogP contribution < -0.4 is 11.1 Å². The largest absolute Gasteiger partial charge is 0.408 e. The molecule has 0 aromatic carbocycles. The fraction of sp³-hybridized carbons (Fsp3) is 0.833. The van der Waals surface area contributed by atoms with Gasteiger partial charge in [-0.05, 0) is 12.8 Å². The summed E-state index contributed by atoms with van der Waals surface area (Å²) < 4.78 is 5.49. The van der Waals surface area contributed by atoms with Crippen molar-refractivity contribution in [3.8, 4) is 0 Å². The van der Waals surface area contributed by atoms with Gasteiger partial charge >= 0.3 is 6.01 Å². The number of nitrogens with one attached hydrogen (secondary N) is 1. The van der Waals surface area contributed by atoms with E-state index in [0.717, 1.165) is 0 Å². The molecule has 17 heavy (non-hydrogen) atoms. The normalized spacial score (nSPS) is 18.6. The maximum absolute atomic E-state index is 5.49. The molecular weight excluding hydrogens is 216 g/mol. The molecule has 0 aliphatic heterocycles. The van der Waals surface area contributed by atoms with E-state index in [-0.39, 0.29) is 0 Å². The van der Waals surface area contributed by atoms with Gasteiger partial charge in [0.1, 0.15) is 0 Å². The molecule has 1 heterocycles. The molecule has 0 amide bonds. The number of aromatic nitrogens is 2. The summed E-state index contributed by atoms with van der Waals surface area (Å²) in [6, 6.07) is 1.04. The zero-order valence-electron chi connectivity index (χ0n) is 10.3. The number of nitrogens with zero attached hydrogens (tertiary/aromatic N) is 2. The van der Waals surface area contributed by atoms with E-state index in [1.54, 1.807) is 0 Å². The van der Waals surface area contributed by atoms with E-state index >= 15 is 0 Å². The molecule has 0 spiro atoms. The third kappa shape index (κ3) is 4.00. The molecule has 1 aromatic rings. The summed E-state index contributed by atoms with van der Waals surface area (Å²) in [5.74, 6) is 0.626. The van der Waals surface area contributed by atoms with Gasteiger partial charge in [0.15, 0.2) is 0 Å². The fourth-order valence-corrected chi connectivity index (χ4v) is 2.31. The molecule has 1 saturated carbocycles. The third-order valence-electron chi connectivity index (χ3n) is 3.26. The minimum absolute atomic E-state index is 0.487. The van der Waals surface area contributed by atoms with E-state index in [4.69, 9.17) is 10.2 Å². The lowest BCUT2D eigenvalue weighted by molar-refractivity contribution is 0.450. The smallest absolute Gasteiger partial charge is 0.315 e. The molecule has 0 unspecified atom stereocenters. The second-order valence-corrected chi connectivity index (χ2v) is 4.73. The zero-order chi connectivity index (χ0) is 11.9. The first kappa shape index (κ1) is 12.4. The molecule has 1 aliphatic rings. The minimum Gasteiger partial charge on any atom is -0.408 e. The van der Waals surface area contributed by atoms with E-state index in [2.05, 4.69) is 15.5 Å². The molecule has 2 rings (SSSR count). The molecule has 0 radical (unpaired) electrons. The Balaban J connectivity index is 1.84. The van der Waals surface area contributed by atoms with Crippen molar-refractivity contribution in [2.75, 3.05) is 11.9 Å². The average Bonchev–Trinajstić information content (AvgIpc) is 2.70. The van der Waals surface area contributed by atoms with Crippen molar-refractivity contribution < 1.29 is 4.42 Å². The second kappa shape index (κ2) is 6.59. The second-order valence-electron chi connectivity index (χ2n) is 4.73. The van der Waals surface area contributed by atoms with Crippen molar-refractivity contribution in [1.29, 1.82) is 0 Å². The molecule has 1 aromatic heterocycles. The summed E-state index contributed by atoms with van der Waals surface area (Å²) in [6.45, 7) is 0.547. The number of hydrogen-bond donors (Lipinski definition) is 2. The van der Waals surface area contributed by atoms with Crippen molar-refractivity contribution in [1.82, 2.24) is 10.2 Å². The molecule has 0 bridgehead atoms. The van der Waals surface area contributed by atoms with Crippen LogP contribution in [0.5, 0.6) is 0 Å². The Morgan fingerprint density at radius 1 is 1.12 bits per heavy atom. The summed E-state index contributed by atoms with van der Waals surface area (Å²) in [7, 11) is 0. The highest BCUT2D eigenvalue weighted by atomic mass is 16.4. The first-order valence-corrected chi connectivity index (χ1v) is 6.67. The van der Waals surface area contributed by atoms with E-state index < -0.39 is 0 Å². The van der Waals surface area contributed by atoms with Crippen LogP contribution in [-0.2, 0) is 6.42 Å². The zero-order valence-corrected chi connectivity index (χ0v) is 10.3. The van der Waals surface area contributed by atoms with Crippen LogP contribution in [0.4, 0.5) is 6.01 Å². The Hall–Kier alpha value is -1.10. The fourth-order valence-electron chi connectivity index (χ4n) is 2.31. The highest BCUT2D eigenvalue weighted by Crippen LogP contribution is 2.20. The van der Waals surface area contributed by atoms with Crippen LogP contribution in [0.2, 0.25) is 0 Å². The average molecular weight is 238 g/mol.